The maximum absolute atomic E-state index is 12.1. The summed E-state index contributed by atoms with van der Waals surface area (Å²) in [5.74, 6) is -0.276. The maximum atomic E-state index is 12.1. The Labute approximate surface area is 118 Å². The molecule has 1 aromatic rings. The average Bonchev–Trinajstić information content (AvgIpc) is 2.79. The molecular weight excluding hydrogens is 258 g/mol. The van der Waals surface area contributed by atoms with Crippen molar-refractivity contribution in [3.63, 3.8) is 0 Å². The molecule has 1 atom stereocenters. The number of aliphatic hydroxyl groups excluding tert-OH is 1. The number of amides is 1. The van der Waals surface area contributed by atoms with Crippen molar-refractivity contribution >= 4 is 6.09 Å². The molecule has 1 aliphatic rings. The molecule has 1 aromatic carbocycles. The van der Waals surface area contributed by atoms with E-state index in [2.05, 4.69) is 0 Å². The summed E-state index contributed by atoms with van der Waals surface area (Å²) < 4.78 is 10.5. The minimum atomic E-state index is -0.578. The van der Waals surface area contributed by atoms with E-state index in [9.17, 15) is 9.90 Å². The van der Waals surface area contributed by atoms with Crippen molar-refractivity contribution in [1.29, 1.82) is 0 Å². The van der Waals surface area contributed by atoms with Crippen LogP contribution in [0, 0.1) is 5.41 Å². The number of hydrogen-bond donors (Lipinski definition) is 1. The molecular formula is C15H19NO4. The Morgan fingerprint density at radius 2 is 2.00 bits per heavy atom. The summed E-state index contributed by atoms with van der Waals surface area (Å²) in [6, 6.07) is 9.41. The molecule has 0 spiro atoms. The number of carbonyl (C=O) groups is 1. The van der Waals surface area contributed by atoms with Gasteiger partial charge in [0.15, 0.2) is 6.23 Å². The lowest BCUT2D eigenvalue weighted by Gasteiger charge is -2.31. The van der Waals surface area contributed by atoms with Gasteiger partial charge in [0.1, 0.15) is 6.61 Å². The van der Waals surface area contributed by atoms with E-state index < -0.39 is 12.3 Å². The number of aliphatic hydroxyl groups is 1. The molecule has 0 aliphatic carbocycles. The molecule has 0 aromatic heterocycles. The van der Waals surface area contributed by atoms with Crippen LogP contribution in [0.4, 0.5) is 4.79 Å². The Hall–Kier alpha value is -2.17. The van der Waals surface area contributed by atoms with Gasteiger partial charge < -0.3 is 14.6 Å². The molecule has 1 N–H and O–H groups in total. The standard InChI is InChI=1S/C15H19NO4/c1-15(2,3)13-16(9-12(17)20-13)14(18)19-10-11-7-5-4-6-8-11/h4-9,13,17H,10H2,1-3H3/t13-/m1/s1. The molecule has 0 saturated heterocycles. The van der Waals surface area contributed by atoms with Crippen LogP contribution in [0.1, 0.15) is 26.3 Å². The van der Waals surface area contributed by atoms with E-state index in [4.69, 9.17) is 9.47 Å². The molecule has 1 aliphatic heterocycles. The highest BCUT2D eigenvalue weighted by Crippen LogP contribution is 2.32. The molecule has 20 heavy (non-hydrogen) atoms. The second kappa shape index (κ2) is 5.45. The van der Waals surface area contributed by atoms with Gasteiger partial charge in [0.05, 0.1) is 6.20 Å². The number of carbonyl (C=O) groups excluding carboxylic acids is 1. The minimum absolute atomic E-state index is 0.182. The zero-order valence-corrected chi connectivity index (χ0v) is 11.9. The lowest BCUT2D eigenvalue weighted by molar-refractivity contribution is -0.0625. The third kappa shape index (κ3) is 3.23. The van der Waals surface area contributed by atoms with Crippen molar-refractivity contribution in [3.8, 4) is 0 Å². The van der Waals surface area contributed by atoms with Crippen LogP contribution in [-0.4, -0.2) is 22.3 Å². The van der Waals surface area contributed by atoms with Gasteiger partial charge >= 0.3 is 6.09 Å². The van der Waals surface area contributed by atoms with Crippen LogP contribution in [0.5, 0.6) is 0 Å². The summed E-state index contributed by atoms with van der Waals surface area (Å²) in [6.07, 6.45) is 0.132. The van der Waals surface area contributed by atoms with E-state index in [0.717, 1.165) is 5.56 Å². The average molecular weight is 277 g/mol. The summed E-state index contributed by atoms with van der Waals surface area (Å²) in [7, 11) is 0. The lowest BCUT2D eigenvalue weighted by atomic mass is 9.94. The van der Waals surface area contributed by atoms with Gasteiger partial charge in [0.2, 0.25) is 0 Å². The van der Waals surface area contributed by atoms with Crippen molar-refractivity contribution < 1.29 is 19.4 Å². The molecule has 0 fully saturated rings. The Kier molecular flexibility index (Phi) is 3.88. The topological polar surface area (TPSA) is 59.0 Å². The molecule has 1 heterocycles. The van der Waals surface area contributed by atoms with Gasteiger partial charge in [0, 0.05) is 5.41 Å². The van der Waals surface area contributed by atoms with Crippen molar-refractivity contribution in [1.82, 2.24) is 4.90 Å². The Balaban J connectivity index is 2.01. The van der Waals surface area contributed by atoms with Gasteiger partial charge in [-0.05, 0) is 5.56 Å². The first-order valence-corrected chi connectivity index (χ1v) is 6.44. The van der Waals surface area contributed by atoms with Crippen LogP contribution >= 0.6 is 0 Å². The number of nitrogens with zero attached hydrogens (tertiary/aromatic N) is 1. The number of benzene rings is 1. The molecule has 0 unspecified atom stereocenters. The fraction of sp³-hybridized carbons (Fsp3) is 0.400. The van der Waals surface area contributed by atoms with E-state index in [0.29, 0.717) is 0 Å². The number of ether oxygens (including phenoxy) is 2. The van der Waals surface area contributed by atoms with Gasteiger partial charge in [0.25, 0.3) is 5.95 Å². The summed E-state index contributed by atoms with van der Waals surface area (Å²) in [5.41, 5.74) is 0.564. The van der Waals surface area contributed by atoms with Gasteiger partial charge in [-0.3, -0.25) is 0 Å². The van der Waals surface area contributed by atoms with Crippen LogP contribution in [-0.2, 0) is 16.1 Å². The monoisotopic (exact) mass is 277 g/mol. The van der Waals surface area contributed by atoms with E-state index in [1.807, 2.05) is 51.1 Å². The highest BCUT2D eigenvalue weighted by molar-refractivity contribution is 5.69. The Bertz CT molecular complexity index is 504. The van der Waals surface area contributed by atoms with Gasteiger partial charge in [-0.1, -0.05) is 51.1 Å². The second-order valence-electron chi connectivity index (χ2n) is 5.75. The highest BCUT2D eigenvalue weighted by atomic mass is 16.6. The van der Waals surface area contributed by atoms with Gasteiger partial charge in [-0.25, -0.2) is 9.69 Å². The third-order valence-electron chi connectivity index (χ3n) is 2.89. The molecule has 2 rings (SSSR count). The molecule has 5 heteroatoms. The molecule has 0 radical (unpaired) electrons. The van der Waals surface area contributed by atoms with Crippen LogP contribution in [0.25, 0.3) is 0 Å². The van der Waals surface area contributed by atoms with Crippen molar-refractivity contribution in [2.75, 3.05) is 0 Å². The van der Waals surface area contributed by atoms with Crippen molar-refractivity contribution in [2.24, 2.45) is 5.41 Å². The SMILES string of the molecule is CC(C)(C)[C@H]1OC(O)=CN1C(=O)OCc1ccccc1. The summed E-state index contributed by atoms with van der Waals surface area (Å²) >= 11 is 0. The Morgan fingerprint density at radius 1 is 1.35 bits per heavy atom. The van der Waals surface area contributed by atoms with E-state index in [-0.39, 0.29) is 18.0 Å². The number of hydrogen-bond acceptors (Lipinski definition) is 4. The lowest BCUT2D eigenvalue weighted by Crippen LogP contribution is -2.42. The normalized spacial score (nSPS) is 18.4. The van der Waals surface area contributed by atoms with Crippen LogP contribution in [0.3, 0.4) is 0 Å². The fourth-order valence-corrected chi connectivity index (χ4v) is 1.92. The van der Waals surface area contributed by atoms with Gasteiger partial charge in [-0.2, -0.15) is 0 Å². The summed E-state index contributed by atoms with van der Waals surface area (Å²) in [5, 5.41) is 9.46. The quantitative estimate of drug-likeness (QED) is 0.900. The number of rotatable bonds is 2. The molecule has 0 bridgehead atoms. The van der Waals surface area contributed by atoms with E-state index in [1.54, 1.807) is 0 Å². The van der Waals surface area contributed by atoms with Crippen LogP contribution in [0.2, 0.25) is 0 Å². The van der Waals surface area contributed by atoms with Crippen LogP contribution < -0.4 is 0 Å². The minimum Gasteiger partial charge on any atom is -0.480 e. The zero-order chi connectivity index (χ0) is 14.8. The fourth-order valence-electron chi connectivity index (χ4n) is 1.92. The van der Waals surface area contributed by atoms with Crippen molar-refractivity contribution in [2.45, 2.75) is 33.6 Å². The third-order valence-corrected chi connectivity index (χ3v) is 2.89. The first-order chi connectivity index (χ1) is 9.38. The molecule has 1 amide bonds. The molecule has 0 saturated carbocycles. The van der Waals surface area contributed by atoms with E-state index in [1.165, 1.54) is 11.1 Å². The summed E-state index contributed by atoms with van der Waals surface area (Å²) in [6.45, 7) is 5.94. The predicted molar refractivity (Wildman–Crippen MR) is 73.5 cm³/mol. The smallest absolute Gasteiger partial charge is 0.417 e. The van der Waals surface area contributed by atoms with Crippen LogP contribution in [0.15, 0.2) is 42.5 Å². The Morgan fingerprint density at radius 3 is 2.60 bits per heavy atom. The first-order valence-electron chi connectivity index (χ1n) is 6.44. The molecule has 108 valence electrons. The summed E-state index contributed by atoms with van der Waals surface area (Å²) in [4.78, 5) is 13.4. The predicted octanol–water partition coefficient (Wildman–Crippen LogP) is 3.38. The van der Waals surface area contributed by atoms with E-state index >= 15 is 0 Å². The maximum Gasteiger partial charge on any atom is 0.417 e. The first kappa shape index (κ1) is 14.2. The highest BCUT2D eigenvalue weighted by Gasteiger charge is 2.40. The van der Waals surface area contributed by atoms with Gasteiger partial charge in [-0.15, -0.1) is 0 Å². The molecule has 5 nitrogen and oxygen atoms in total. The van der Waals surface area contributed by atoms with Crippen molar-refractivity contribution in [3.05, 3.63) is 48.0 Å². The largest absolute Gasteiger partial charge is 0.480 e. The second-order valence-corrected chi connectivity index (χ2v) is 5.75. The zero-order valence-electron chi connectivity index (χ0n) is 11.9.